The van der Waals surface area contributed by atoms with E-state index in [1.165, 1.54) is 4.90 Å². The molecule has 1 spiro atoms. The van der Waals surface area contributed by atoms with Crippen LogP contribution in [0.4, 0.5) is 0 Å². The van der Waals surface area contributed by atoms with Crippen LogP contribution in [0.25, 0.3) is 5.70 Å². The summed E-state index contributed by atoms with van der Waals surface area (Å²) in [5.41, 5.74) is 4.05. The number of aromatic amines is 1. The van der Waals surface area contributed by atoms with Gasteiger partial charge in [-0.1, -0.05) is 43.7 Å². The second-order valence-electron chi connectivity index (χ2n) is 9.89. The summed E-state index contributed by atoms with van der Waals surface area (Å²) in [7, 11) is 0. The number of nitrogens with one attached hydrogen (secondary N) is 4. The number of hydrogen-bond acceptors (Lipinski definition) is 6. The molecule has 2 aromatic rings. The van der Waals surface area contributed by atoms with Gasteiger partial charge in [-0.2, -0.15) is 0 Å². The quantitative estimate of drug-likeness (QED) is 0.384. The topological polar surface area (TPSA) is 133 Å². The first kappa shape index (κ1) is 24.8. The summed E-state index contributed by atoms with van der Waals surface area (Å²) in [6.45, 7) is 2.02. The number of carbonyl (C=O) groups is 4. The maximum atomic E-state index is 13.6. The molecule has 0 bridgehead atoms. The zero-order valence-electron chi connectivity index (χ0n) is 20.7. The lowest BCUT2D eigenvalue weighted by Crippen LogP contribution is -2.53. The van der Waals surface area contributed by atoms with Gasteiger partial charge in [-0.15, -0.1) is 0 Å². The molecule has 37 heavy (non-hydrogen) atoms. The third-order valence-corrected chi connectivity index (χ3v) is 6.95. The Kier molecular flexibility index (Phi) is 6.84. The van der Waals surface area contributed by atoms with Crippen LogP contribution in [0.2, 0.25) is 0 Å². The summed E-state index contributed by atoms with van der Waals surface area (Å²) < 4.78 is 0. The molecule has 1 saturated carbocycles. The van der Waals surface area contributed by atoms with Crippen LogP contribution >= 0.6 is 0 Å². The van der Waals surface area contributed by atoms with E-state index < -0.39 is 35.3 Å². The second kappa shape index (κ2) is 10.2. The van der Waals surface area contributed by atoms with Gasteiger partial charge in [0.05, 0.1) is 18.3 Å². The van der Waals surface area contributed by atoms with Crippen LogP contribution in [0.15, 0.2) is 54.7 Å². The summed E-state index contributed by atoms with van der Waals surface area (Å²) in [5.74, 6) is -2.19. The zero-order chi connectivity index (χ0) is 26.0. The number of amides is 3. The fourth-order valence-electron chi connectivity index (χ4n) is 4.85. The molecule has 2 fully saturated rings. The van der Waals surface area contributed by atoms with E-state index >= 15 is 0 Å². The van der Waals surface area contributed by atoms with E-state index in [9.17, 15) is 19.2 Å². The first-order valence-corrected chi connectivity index (χ1v) is 12.7. The molecule has 0 unspecified atom stereocenters. The third-order valence-electron chi connectivity index (χ3n) is 6.95. The summed E-state index contributed by atoms with van der Waals surface area (Å²) in [6, 6.07) is 11.2. The molecule has 1 aromatic heterocycles. The average Bonchev–Trinajstić information content (AvgIpc) is 3.30. The Bertz CT molecular complexity index is 1210. The molecule has 5 rings (SSSR count). The Hall–Kier alpha value is -3.92. The number of carbonyl (C=O) groups excluding carboxylic acids is 4. The lowest BCUT2D eigenvalue weighted by Gasteiger charge is -2.25. The van der Waals surface area contributed by atoms with Gasteiger partial charge in [0.2, 0.25) is 11.7 Å². The Morgan fingerprint density at radius 3 is 2.59 bits per heavy atom. The number of nitrogens with zero attached hydrogens (tertiary/aromatic N) is 1. The standard InChI is InChI=1S/C27H31N5O5/c1-2-7-19(23(33)25(35)29-18-11-12-18)30-24(34)22-15-27(16-32(22)26(36)20-10-6-13-28-20)14-21(31-37-27)17-8-4-3-5-9-17/h3-6,8-10,13-14,18-19,22,28,31H,2,7,11-12,15-16H2,1H3,(H,29,35)(H,30,34)/t19-,22-,27-/m0/s1. The molecule has 3 aliphatic rings. The number of Topliss-reactive ketones (excluding diaryl/α,β-unsaturated/α-hetero) is 1. The smallest absolute Gasteiger partial charge is 0.289 e. The number of aromatic nitrogens is 1. The van der Waals surface area contributed by atoms with E-state index in [0.717, 1.165) is 24.1 Å². The van der Waals surface area contributed by atoms with Crippen molar-refractivity contribution in [2.45, 2.75) is 62.8 Å². The van der Waals surface area contributed by atoms with Crippen molar-refractivity contribution >= 4 is 29.2 Å². The van der Waals surface area contributed by atoms with Crippen molar-refractivity contribution in [2.75, 3.05) is 6.54 Å². The lowest BCUT2D eigenvalue weighted by atomic mass is 9.97. The molecule has 1 aromatic carbocycles. The molecule has 10 nitrogen and oxygen atoms in total. The highest BCUT2D eigenvalue weighted by Crippen LogP contribution is 2.38. The Labute approximate surface area is 214 Å². The van der Waals surface area contributed by atoms with Crippen LogP contribution in [0.5, 0.6) is 0 Å². The number of hydroxylamine groups is 1. The molecule has 3 amide bonds. The maximum Gasteiger partial charge on any atom is 0.289 e. The molecule has 1 aliphatic carbocycles. The Balaban J connectivity index is 1.38. The van der Waals surface area contributed by atoms with E-state index in [1.807, 2.05) is 43.3 Å². The van der Waals surface area contributed by atoms with Crippen LogP contribution in [-0.2, 0) is 19.2 Å². The zero-order valence-corrected chi connectivity index (χ0v) is 20.7. The monoisotopic (exact) mass is 505 g/mol. The van der Waals surface area contributed by atoms with E-state index in [-0.39, 0.29) is 24.9 Å². The fourth-order valence-corrected chi connectivity index (χ4v) is 4.85. The first-order chi connectivity index (χ1) is 17.9. The van der Waals surface area contributed by atoms with Crippen molar-refractivity contribution < 1.29 is 24.0 Å². The van der Waals surface area contributed by atoms with Crippen molar-refractivity contribution in [3.63, 3.8) is 0 Å². The van der Waals surface area contributed by atoms with Crippen molar-refractivity contribution in [1.82, 2.24) is 26.0 Å². The molecule has 10 heteroatoms. The number of likely N-dealkylation sites (tertiary alicyclic amines) is 1. The first-order valence-electron chi connectivity index (χ1n) is 12.7. The molecule has 4 N–H and O–H groups in total. The predicted octanol–water partition coefficient (Wildman–Crippen LogP) is 1.68. The van der Waals surface area contributed by atoms with Crippen molar-refractivity contribution in [2.24, 2.45) is 0 Å². The number of hydrogen-bond donors (Lipinski definition) is 4. The minimum atomic E-state index is -0.965. The van der Waals surface area contributed by atoms with Gasteiger partial charge < -0.3 is 20.5 Å². The molecule has 0 radical (unpaired) electrons. The fraction of sp³-hybridized carbons (Fsp3) is 0.407. The molecular formula is C27H31N5O5. The number of benzene rings is 1. The predicted molar refractivity (Wildman–Crippen MR) is 135 cm³/mol. The van der Waals surface area contributed by atoms with Crippen LogP contribution in [0.1, 0.15) is 55.1 Å². The molecule has 3 atom stereocenters. The normalized spacial score (nSPS) is 23.3. The summed E-state index contributed by atoms with van der Waals surface area (Å²) in [4.78, 5) is 62.5. The van der Waals surface area contributed by atoms with Crippen LogP contribution in [0.3, 0.4) is 0 Å². The molecular weight excluding hydrogens is 474 g/mol. The lowest BCUT2D eigenvalue weighted by molar-refractivity contribution is -0.140. The average molecular weight is 506 g/mol. The van der Waals surface area contributed by atoms with Gasteiger partial charge in [-0.25, -0.2) is 0 Å². The van der Waals surface area contributed by atoms with E-state index in [1.54, 1.807) is 18.3 Å². The molecule has 194 valence electrons. The third kappa shape index (κ3) is 5.29. The maximum absolute atomic E-state index is 13.6. The molecule has 2 aliphatic heterocycles. The van der Waals surface area contributed by atoms with E-state index in [4.69, 9.17) is 4.84 Å². The van der Waals surface area contributed by atoms with Gasteiger partial charge in [-0.3, -0.25) is 29.5 Å². The van der Waals surface area contributed by atoms with Crippen molar-refractivity contribution in [3.05, 3.63) is 66.0 Å². The summed E-state index contributed by atoms with van der Waals surface area (Å²) in [5, 5.41) is 5.46. The number of ketones is 1. The van der Waals surface area contributed by atoms with Gasteiger partial charge >= 0.3 is 0 Å². The Morgan fingerprint density at radius 2 is 1.92 bits per heavy atom. The molecule has 1 saturated heterocycles. The summed E-state index contributed by atoms with van der Waals surface area (Å²) in [6.07, 6.45) is 6.37. The van der Waals surface area contributed by atoms with E-state index in [2.05, 4.69) is 21.1 Å². The number of rotatable bonds is 9. The van der Waals surface area contributed by atoms with Gasteiger partial charge in [0, 0.05) is 18.7 Å². The highest BCUT2D eigenvalue weighted by Gasteiger charge is 2.52. The van der Waals surface area contributed by atoms with Gasteiger partial charge in [0.1, 0.15) is 17.3 Å². The highest BCUT2D eigenvalue weighted by molar-refractivity contribution is 6.38. The Morgan fingerprint density at radius 1 is 1.14 bits per heavy atom. The van der Waals surface area contributed by atoms with Crippen molar-refractivity contribution in [3.8, 4) is 0 Å². The SMILES string of the molecule is CCC[C@H](NC(=O)[C@@H]1C[C@@]2(C=C(c3ccccc3)NO2)CN1C(=O)c1ccc[nH]1)C(=O)C(=O)NC1CC1. The van der Waals surface area contributed by atoms with Gasteiger partial charge in [0.25, 0.3) is 11.8 Å². The van der Waals surface area contributed by atoms with Crippen LogP contribution in [0, 0.1) is 0 Å². The second-order valence-corrected chi connectivity index (χ2v) is 9.89. The van der Waals surface area contributed by atoms with E-state index in [0.29, 0.717) is 18.5 Å². The molecule has 3 heterocycles. The van der Waals surface area contributed by atoms with Gasteiger partial charge in [-0.05, 0) is 43.0 Å². The minimum Gasteiger partial charge on any atom is -0.357 e. The van der Waals surface area contributed by atoms with Crippen LogP contribution < -0.4 is 16.1 Å². The van der Waals surface area contributed by atoms with Gasteiger partial charge in [0.15, 0.2) is 0 Å². The number of H-pyrrole nitrogens is 1. The summed E-state index contributed by atoms with van der Waals surface area (Å²) >= 11 is 0. The highest BCUT2D eigenvalue weighted by atomic mass is 16.7. The van der Waals surface area contributed by atoms with Crippen LogP contribution in [-0.4, -0.2) is 63.7 Å². The minimum absolute atomic E-state index is 0.0376. The largest absolute Gasteiger partial charge is 0.357 e. The van der Waals surface area contributed by atoms with Crippen molar-refractivity contribution in [1.29, 1.82) is 0 Å².